The van der Waals surface area contributed by atoms with E-state index in [1.807, 2.05) is 48.2 Å². The standard InChI is InChI=1S/C24H31N3O3/c1-4-30-22-14-12-21(13-15-22)26-24(29)19-8-10-20(11-9-19)25-16-23(28)27-17(2)6-5-7-18(27)3/h8-15,17-18,25H,4-7,16H2,1-3H3,(H,26,29). The molecule has 1 saturated heterocycles. The molecule has 2 atom stereocenters. The number of hydrogen-bond acceptors (Lipinski definition) is 4. The number of hydrogen-bond donors (Lipinski definition) is 2. The molecular formula is C24H31N3O3. The second-order valence-electron chi connectivity index (χ2n) is 7.77. The lowest BCUT2D eigenvalue weighted by Gasteiger charge is -2.39. The normalized spacial score (nSPS) is 18.6. The van der Waals surface area contributed by atoms with Crippen molar-refractivity contribution >= 4 is 23.2 Å². The van der Waals surface area contributed by atoms with Crippen molar-refractivity contribution in [2.75, 3.05) is 23.8 Å². The van der Waals surface area contributed by atoms with Gasteiger partial charge in [0.25, 0.3) is 5.91 Å². The van der Waals surface area contributed by atoms with E-state index in [4.69, 9.17) is 4.74 Å². The third kappa shape index (κ3) is 5.53. The third-order valence-electron chi connectivity index (χ3n) is 5.50. The lowest BCUT2D eigenvalue weighted by Crippen LogP contribution is -2.49. The number of anilines is 2. The summed E-state index contributed by atoms with van der Waals surface area (Å²) in [6.07, 6.45) is 3.31. The van der Waals surface area contributed by atoms with E-state index >= 15 is 0 Å². The van der Waals surface area contributed by atoms with Gasteiger partial charge >= 0.3 is 0 Å². The average molecular weight is 410 g/mol. The molecule has 2 N–H and O–H groups in total. The fourth-order valence-electron chi connectivity index (χ4n) is 3.93. The molecular weight excluding hydrogens is 378 g/mol. The van der Waals surface area contributed by atoms with Crippen LogP contribution in [-0.4, -0.2) is 41.9 Å². The minimum absolute atomic E-state index is 0.118. The number of benzene rings is 2. The maximum absolute atomic E-state index is 12.6. The highest BCUT2D eigenvalue weighted by Gasteiger charge is 2.28. The number of nitrogens with one attached hydrogen (secondary N) is 2. The number of amides is 2. The summed E-state index contributed by atoms with van der Waals surface area (Å²) in [5, 5.41) is 6.05. The topological polar surface area (TPSA) is 70.7 Å². The molecule has 2 amide bonds. The van der Waals surface area contributed by atoms with Crippen molar-refractivity contribution in [3.63, 3.8) is 0 Å². The van der Waals surface area contributed by atoms with E-state index < -0.39 is 0 Å². The Kier molecular flexibility index (Phi) is 7.33. The predicted molar refractivity (Wildman–Crippen MR) is 120 cm³/mol. The Bertz CT molecular complexity index is 839. The van der Waals surface area contributed by atoms with Gasteiger partial charge in [0.15, 0.2) is 0 Å². The number of carbonyl (C=O) groups excluding carboxylic acids is 2. The minimum atomic E-state index is -0.183. The molecule has 0 aliphatic carbocycles. The van der Waals surface area contributed by atoms with Gasteiger partial charge < -0.3 is 20.3 Å². The fourth-order valence-corrected chi connectivity index (χ4v) is 3.93. The van der Waals surface area contributed by atoms with Gasteiger partial charge in [0.1, 0.15) is 5.75 Å². The smallest absolute Gasteiger partial charge is 0.255 e. The number of nitrogens with zero attached hydrogens (tertiary/aromatic N) is 1. The van der Waals surface area contributed by atoms with Crippen molar-refractivity contribution < 1.29 is 14.3 Å². The summed E-state index contributed by atoms with van der Waals surface area (Å²) >= 11 is 0. The Labute approximate surface area is 178 Å². The van der Waals surface area contributed by atoms with E-state index in [-0.39, 0.29) is 30.4 Å². The van der Waals surface area contributed by atoms with E-state index in [2.05, 4.69) is 24.5 Å². The monoisotopic (exact) mass is 409 g/mol. The number of likely N-dealkylation sites (tertiary alicyclic amines) is 1. The van der Waals surface area contributed by atoms with Crippen molar-refractivity contribution in [2.45, 2.75) is 52.1 Å². The van der Waals surface area contributed by atoms with Crippen LogP contribution < -0.4 is 15.4 Å². The molecule has 0 bridgehead atoms. The third-order valence-corrected chi connectivity index (χ3v) is 5.50. The zero-order chi connectivity index (χ0) is 21.5. The van der Waals surface area contributed by atoms with Crippen LogP contribution in [0.1, 0.15) is 50.4 Å². The molecule has 160 valence electrons. The van der Waals surface area contributed by atoms with Crippen LogP contribution in [0.3, 0.4) is 0 Å². The summed E-state index contributed by atoms with van der Waals surface area (Å²) in [7, 11) is 0. The van der Waals surface area contributed by atoms with Crippen LogP contribution in [0.2, 0.25) is 0 Å². The summed E-state index contributed by atoms with van der Waals surface area (Å²) in [5.74, 6) is 0.707. The zero-order valence-electron chi connectivity index (χ0n) is 18.0. The maximum atomic E-state index is 12.6. The Hall–Kier alpha value is -3.02. The summed E-state index contributed by atoms with van der Waals surface area (Å²) in [6, 6.07) is 15.0. The number of rotatable bonds is 7. The summed E-state index contributed by atoms with van der Waals surface area (Å²) in [5.41, 5.74) is 2.08. The van der Waals surface area contributed by atoms with Crippen LogP contribution >= 0.6 is 0 Å². The van der Waals surface area contributed by atoms with Gasteiger partial charge in [0.05, 0.1) is 13.2 Å². The summed E-state index contributed by atoms with van der Waals surface area (Å²) < 4.78 is 5.41. The highest BCUT2D eigenvalue weighted by Crippen LogP contribution is 2.23. The van der Waals surface area contributed by atoms with E-state index in [1.54, 1.807) is 12.1 Å². The van der Waals surface area contributed by atoms with Crippen molar-refractivity contribution in [1.29, 1.82) is 0 Å². The highest BCUT2D eigenvalue weighted by atomic mass is 16.5. The maximum Gasteiger partial charge on any atom is 0.255 e. The molecule has 3 rings (SSSR count). The molecule has 0 radical (unpaired) electrons. The average Bonchev–Trinajstić information content (AvgIpc) is 2.74. The second-order valence-corrected chi connectivity index (χ2v) is 7.77. The van der Waals surface area contributed by atoms with E-state index in [0.29, 0.717) is 17.9 Å². The highest BCUT2D eigenvalue weighted by molar-refractivity contribution is 6.04. The van der Waals surface area contributed by atoms with Gasteiger partial charge in [0, 0.05) is 29.0 Å². The molecule has 6 nitrogen and oxygen atoms in total. The van der Waals surface area contributed by atoms with Gasteiger partial charge in [-0.25, -0.2) is 0 Å². The number of piperidine rings is 1. The van der Waals surface area contributed by atoms with E-state index in [0.717, 1.165) is 24.3 Å². The van der Waals surface area contributed by atoms with Crippen molar-refractivity contribution in [1.82, 2.24) is 4.90 Å². The molecule has 1 aliphatic heterocycles. The zero-order valence-corrected chi connectivity index (χ0v) is 18.0. The van der Waals surface area contributed by atoms with E-state index in [1.165, 1.54) is 6.42 Å². The molecule has 2 aromatic carbocycles. The Balaban J connectivity index is 1.52. The molecule has 1 aliphatic rings. The molecule has 0 spiro atoms. The Morgan fingerprint density at radius 1 is 0.967 bits per heavy atom. The molecule has 6 heteroatoms. The first-order valence-electron chi connectivity index (χ1n) is 10.7. The number of ether oxygens (including phenoxy) is 1. The van der Waals surface area contributed by atoms with Crippen molar-refractivity contribution in [3.05, 3.63) is 54.1 Å². The Morgan fingerprint density at radius 2 is 1.57 bits per heavy atom. The van der Waals surface area contributed by atoms with Gasteiger partial charge in [-0.2, -0.15) is 0 Å². The van der Waals surface area contributed by atoms with Crippen LogP contribution in [0.15, 0.2) is 48.5 Å². The van der Waals surface area contributed by atoms with Crippen LogP contribution in [-0.2, 0) is 4.79 Å². The van der Waals surface area contributed by atoms with Gasteiger partial charge in [0.2, 0.25) is 5.91 Å². The number of carbonyl (C=O) groups is 2. The van der Waals surface area contributed by atoms with Crippen LogP contribution in [0.5, 0.6) is 5.75 Å². The molecule has 0 aromatic heterocycles. The van der Waals surface area contributed by atoms with Gasteiger partial charge in [-0.3, -0.25) is 9.59 Å². The summed E-state index contributed by atoms with van der Waals surface area (Å²) in [6.45, 7) is 7.02. The molecule has 30 heavy (non-hydrogen) atoms. The van der Waals surface area contributed by atoms with Gasteiger partial charge in [-0.1, -0.05) is 0 Å². The van der Waals surface area contributed by atoms with Crippen LogP contribution in [0.25, 0.3) is 0 Å². The SMILES string of the molecule is CCOc1ccc(NC(=O)c2ccc(NCC(=O)N3C(C)CCCC3C)cc2)cc1. The van der Waals surface area contributed by atoms with Crippen molar-refractivity contribution in [3.8, 4) is 5.75 Å². The quantitative estimate of drug-likeness (QED) is 0.704. The summed E-state index contributed by atoms with van der Waals surface area (Å²) in [4.78, 5) is 27.1. The molecule has 2 unspecified atom stereocenters. The lowest BCUT2D eigenvalue weighted by molar-refractivity contribution is -0.135. The first kappa shape index (κ1) is 21.7. The van der Waals surface area contributed by atoms with E-state index in [9.17, 15) is 9.59 Å². The first-order valence-corrected chi connectivity index (χ1v) is 10.7. The minimum Gasteiger partial charge on any atom is -0.494 e. The lowest BCUT2D eigenvalue weighted by atomic mass is 9.97. The molecule has 1 heterocycles. The largest absolute Gasteiger partial charge is 0.494 e. The predicted octanol–water partition coefficient (Wildman–Crippen LogP) is 4.54. The van der Waals surface area contributed by atoms with Crippen molar-refractivity contribution in [2.24, 2.45) is 0 Å². The van der Waals surface area contributed by atoms with Crippen LogP contribution in [0.4, 0.5) is 11.4 Å². The van der Waals surface area contributed by atoms with Crippen LogP contribution in [0, 0.1) is 0 Å². The first-order chi connectivity index (χ1) is 14.5. The molecule has 2 aromatic rings. The second kappa shape index (κ2) is 10.1. The fraction of sp³-hybridized carbons (Fsp3) is 0.417. The van der Waals surface area contributed by atoms with Gasteiger partial charge in [-0.15, -0.1) is 0 Å². The molecule has 1 fully saturated rings. The molecule has 0 saturated carbocycles. The Morgan fingerprint density at radius 3 is 2.17 bits per heavy atom. The van der Waals surface area contributed by atoms with Gasteiger partial charge in [-0.05, 0) is 88.6 Å².